The van der Waals surface area contributed by atoms with Gasteiger partial charge in [-0.15, -0.1) is 0 Å². The van der Waals surface area contributed by atoms with E-state index in [4.69, 9.17) is 23.2 Å². The van der Waals surface area contributed by atoms with Gasteiger partial charge in [-0.2, -0.15) is 0 Å². The Bertz CT molecular complexity index is 507. The lowest BCUT2D eigenvalue weighted by Crippen LogP contribution is -2.20. The van der Waals surface area contributed by atoms with Crippen LogP contribution in [0.5, 0.6) is 0 Å². The maximum Gasteiger partial charge on any atom is 0.326 e. The number of nitrogens with one attached hydrogen (secondary N) is 3. The number of amides is 2. The molecule has 88 valence electrons. The van der Waals surface area contributed by atoms with E-state index in [0.717, 1.165) is 0 Å². The Kier molecular flexibility index (Phi) is 3.51. The van der Waals surface area contributed by atoms with Gasteiger partial charge in [-0.05, 0) is 18.2 Å². The highest BCUT2D eigenvalue weighted by Crippen LogP contribution is 2.22. The average Bonchev–Trinajstić information content (AvgIpc) is 2.67. The highest BCUT2D eigenvalue weighted by Gasteiger charge is 2.05. The number of rotatable bonds is 2. The number of H-pyrrole nitrogens is 1. The minimum atomic E-state index is -0.432. The number of carbonyl (C=O) groups is 1. The van der Waals surface area contributed by atoms with Gasteiger partial charge in [-0.1, -0.05) is 23.2 Å². The largest absolute Gasteiger partial charge is 0.331 e. The average molecular weight is 271 g/mol. The van der Waals surface area contributed by atoms with E-state index in [-0.39, 0.29) is 0 Å². The van der Waals surface area contributed by atoms with Crippen molar-refractivity contribution in [3.63, 3.8) is 0 Å². The monoisotopic (exact) mass is 270 g/mol. The molecule has 0 fully saturated rings. The van der Waals surface area contributed by atoms with Gasteiger partial charge in [0.2, 0.25) is 5.95 Å². The summed E-state index contributed by atoms with van der Waals surface area (Å²) < 4.78 is 0. The number of urea groups is 1. The number of hydrogen-bond donors (Lipinski definition) is 3. The fourth-order valence-electron chi connectivity index (χ4n) is 1.23. The maximum absolute atomic E-state index is 11.5. The van der Waals surface area contributed by atoms with E-state index in [1.54, 1.807) is 24.4 Å². The van der Waals surface area contributed by atoms with Crippen molar-refractivity contribution >= 4 is 40.9 Å². The number of halogens is 2. The molecule has 0 aliphatic carbocycles. The van der Waals surface area contributed by atoms with Crippen LogP contribution in [0.1, 0.15) is 0 Å². The number of aromatic nitrogens is 2. The Labute approximate surface area is 107 Å². The summed E-state index contributed by atoms with van der Waals surface area (Å²) in [6, 6.07) is 4.33. The quantitative estimate of drug-likeness (QED) is 0.783. The van der Waals surface area contributed by atoms with Gasteiger partial charge in [0.15, 0.2) is 0 Å². The van der Waals surface area contributed by atoms with Gasteiger partial charge < -0.3 is 10.3 Å². The van der Waals surface area contributed by atoms with Crippen LogP contribution < -0.4 is 10.6 Å². The summed E-state index contributed by atoms with van der Waals surface area (Å²) in [6.45, 7) is 0. The Morgan fingerprint density at radius 3 is 2.47 bits per heavy atom. The highest BCUT2D eigenvalue weighted by atomic mass is 35.5. The van der Waals surface area contributed by atoms with Gasteiger partial charge in [-0.3, -0.25) is 5.32 Å². The van der Waals surface area contributed by atoms with Gasteiger partial charge in [0.25, 0.3) is 0 Å². The molecule has 0 atom stereocenters. The summed E-state index contributed by atoms with van der Waals surface area (Å²) in [5.41, 5.74) is 0.506. The molecule has 1 aromatic heterocycles. The van der Waals surface area contributed by atoms with Gasteiger partial charge in [0.05, 0.1) is 0 Å². The standard InChI is InChI=1S/C10H8Cl2N4O/c11-6-3-7(12)5-8(4-6)15-10(17)16-9-13-1-2-14-9/h1-5H,(H3,13,14,15,16,17). The lowest BCUT2D eigenvalue weighted by molar-refractivity contribution is 0.262. The van der Waals surface area contributed by atoms with Crippen molar-refractivity contribution in [1.82, 2.24) is 9.97 Å². The second-order valence-corrected chi connectivity index (χ2v) is 4.05. The predicted molar refractivity (Wildman–Crippen MR) is 67.7 cm³/mol. The van der Waals surface area contributed by atoms with Gasteiger partial charge in [0, 0.05) is 28.1 Å². The van der Waals surface area contributed by atoms with Crippen molar-refractivity contribution in [2.45, 2.75) is 0 Å². The summed E-state index contributed by atoms with van der Waals surface area (Å²) in [5, 5.41) is 5.99. The number of carbonyl (C=O) groups excluding carboxylic acids is 1. The van der Waals surface area contributed by atoms with Crippen molar-refractivity contribution in [3.05, 3.63) is 40.6 Å². The van der Waals surface area contributed by atoms with E-state index in [1.807, 2.05) is 0 Å². The van der Waals surface area contributed by atoms with Crippen molar-refractivity contribution in [1.29, 1.82) is 0 Å². The third-order valence-electron chi connectivity index (χ3n) is 1.85. The van der Waals surface area contributed by atoms with Crippen LogP contribution in [0.2, 0.25) is 10.0 Å². The molecule has 7 heteroatoms. The van der Waals surface area contributed by atoms with E-state index >= 15 is 0 Å². The predicted octanol–water partition coefficient (Wildman–Crippen LogP) is 3.36. The van der Waals surface area contributed by atoms with Crippen molar-refractivity contribution in [2.75, 3.05) is 10.6 Å². The zero-order chi connectivity index (χ0) is 12.3. The van der Waals surface area contributed by atoms with E-state index in [2.05, 4.69) is 20.6 Å². The zero-order valence-electron chi connectivity index (χ0n) is 8.50. The molecular formula is C10H8Cl2N4O. The van der Waals surface area contributed by atoms with E-state index in [1.165, 1.54) is 6.20 Å². The topological polar surface area (TPSA) is 69.8 Å². The lowest BCUT2D eigenvalue weighted by atomic mass is 10.3. The smallest absolute Gasteiger partial charge is 0.326 e. The second kappa shape index (κ2) is 5.07. The van der Waals surface area contributed by atoms with Crippen molar-refractivity contribution < 1.29 is 4.79 Å². The summed E-state index contributed by atoms with van der Waals surface area (Å²) in [6.07, 6.45) is 3.14. The van der Waals surface area contributed by atoms with Gasteiger partial charge >= 0.3 is 6.03 Å². The normalized spacial score (nSPS) is 10.0. The second-order valence-electron chi connectivity index (χ2n) is 3.18. The van der Waals surface area contributed by atoms with Gasteiger partial charge in [-0.25, -0.2) is 9.78 Å². The molecule has 0 saturated carbocycles. The Morgan fingerprint density at radius 2 is 1.88 bits per heavy atom. The van der Waals surface area contributed by atoms with Crippen molar-refractivity contribution in [3.8, 4) is 0 Å². The molecule has 0 saturated heterocycles. The van der Waals surface area contributed by atoms with Crippen LogP contribution in [0, 0.1) is 0 Å². The minimum absolute atomic E-state index is 0.357. The summed E-state index contributed by atoms with van der Waals surface area (Å²) in [7, 11) is 0. The first-order chi connectivity index (χ1) is 8.13. The number of hydrogen-bond acceptors (Lipinski definition) is 2. The number of imidazole rings is 1. The molecule has 5 nitrogen and oxygen atoms in total. The molecule has 0 bridgehead atoms. The molecule has 0 radical (unpaired) electrons. The third-order valence-corrected chi connectivity index (χ3v) is 2.29. The van der Waals surface area contributed by atoms with Crippen LogP contribution >= 0.6 is 23.2 Å². The van der Waals surface area contributed by atoms with E-state index in [9.17, 15) is 4.79 Å². The van der Waals surface area contributed by atoms with Gasteiger partial charge in [0.1, 0.15) is 0 Å². The molecule has 17 heavy (non-hydrogen) atoms. The molecule has 2 rings (SSSR count). The Balaban J connectivity index is 2.03. The summed E-state index contributed by atoms with van der Waals surface area (Å²) >= 11 is 11.6. The fraction of sp³-hybridized carbons (Fsp3) is 0. The molecule has 3 N–H and O–H groups in total. The molecule has 0 aliphatic heterocycles. The zero-order valence-corrected chi connectivity index (χ0v) is 10.0. The molecule has 1 heterocycles. The highest BCUT2D eigenvalue weighted by molar-refractivity contribution is 6.35. The first kappa shape index (κ1) is 11.8. The molecule has 2 aromatic rings. The SMILES string of the molecule is O=C(Nc1cc(Cl)cc(Cl)c1)Nc1ncc[nH]1. The Morgan fingerprint density at radius 1 is 1.18 bits per heavy atom. The third kappa shape index (κ3) is 3.37. The van der Waals surface area contributed by atoms with Crippen LogP contribution in [-0.4, -0.2) is 16.0 Å². The van der Waals surface area contributed by atoms with E-state index < -0.39 is 6.03 Å². The molecule has 2 amide bonds. The lowest BCUT2D eigenvalue weighted by Gasteiger charge is -2.06. The first-order valence-electron chi connectivity index (χ1n) is 4.67. The number of anilines is 2. The summed E-state index contributed by atoms with van der Waals surface area (Å²) in [5.74, 6) is 0.357. The van der Waals surface area contributed by atoms with E-state index in [0.29, 0.717) is 21.7 Å². The maximum atomic E-state index is 11.5. The molecule has 0 spiro atoms. The minimum Gasteiger partial charge on any atom is -0.331 e. The Hall–Kier alpha value is -1.72. The molecule has 1 aromatic carbocycles. The van der Waals surface area contributed by atoms with Crippen LogP contribution in [0.3, 0.4) is 0 Å². The number of nitrogens with zero attached hydrogens (tertiary/aromatic N) is 1. The molecule has 0 aliphatic rings. The molecular weight excluding hydrogens is 263 g/mol. The van der Waals surface area contributed by atoms with Crippen LogP contribution in [0.4, 0.5) is 16.4 Å². The van der Waals surface area contributed by atoms with Crippen LogP contribution in [0.15, 0.2) is 30.6 Å². The van der Waals surface area contributed by atoms with Crippen LogP contribution in [-0.2, 0) is 0 Å². The fourth-order valence-corrected chi connectivity index (χ4v) is 1.76. The summed E-state index contributed by atoms with van der Waals surface area (Å²) in [4.78, 5) is 18.1. The molecule has 0 unspecified atom stereocenters. The first-order valence-corrected chi connectivity index (χ1v) is 5.42. The van der Waals surface area contributed by atoms with Crippen LogP contribution in [0.25, 0.3) is 0 Å². The number of aromatic amines is 1. The van der Waals surface area contributed by atoms with Crippen molar-refractivity contribution in [2.24, 2.45) is 0 Å². The number of benzene rings is 1.